The molecule has 3 aromatic rings. The molecule has 3 rings (SSSR count). The van der Waals surface area contributed by atoms with E-state index in [0.29, 0.717) is 6.61 Å². The monoisotopic (exact) mass is 352 g/mol. The fourth-order valence-corrected chi connectivity index (χ4v) is 3.33. The Hall–Kier alpha value is -2.56. The summed E-state index contributed by atoms with van der Waals surface area (Å²) in [5.74, 6) is 0.934. The first-order valence-corrected chi connectivity index (χ1v) is 9.34. The highest BCUT2D eigenvalue weighted by Gasteiger charge is 2.16. The van der Waals surface area contributed by atoms with Crippen molar-refractivity contribution in [3.8, 4) is 17.0 Å². The van der Waals surface area contributed by atoms with Crippen molar-refractivity contribution in [1.82, 2.24) is 19.3 Å². The van der Waals surface area contributed by atoms with Gasteiger partial charge in [-0.25, -0.2) is 4.98 Å². The molecule has 0 fully saturated rings. The zero-order valence-electron chi connectivity index (χ0n) is 16.2. The van der Waals surface area contributed by atoms with Crippen molar-refractivity contribution in [2.24, 2.45) is 0 Å². The average molecular weight is 352 g/mol. The lowest BCUT2D eigenvalue weighted by Crippen LogP contribution is -2.06. The summed E-state index contributed by atoms with van der Waals surface area (Å²) in [6, 6.07) is 8.17. The van der Waals surface area contributed by atoms with Gasteiger partial charge in [0.25, 0.3) is 0 Å². The summed E-state index contributed by atoms with van der Waals surface area (Å²) in [6.07, 6.45) is 5.85. The molecule has 0 unspecified atom stereocenters. The van der Waals surface area contributed by atoms with Crippen LogP contribution in [-0.2, 0) is 13.1 Å². The summed E-state index contributed by atoms with van der Waals surface area (Å²) in [5, 5.41) is 4.69. The van der Waals surface area contributed by atoms with Gasteiger partial charge in [0.05, 0.1) is 30.5 Å². The molecule has 5 heteroatoms. The van der Waals surface area contributed by atoms with E-state index < -0.39 is 0 Å². The van der Waals surface area contributed by atoms with Gasteiger partial charge < -0.3 is 9.30 Å². The zero-order valence-corrected chi connectivity index (χ0v) is 16.2. The van der Waals surface area contributed by atoms with Crippen LogP contribution in [0.3, 0.4) is 0 Å². The third kappa shape index (κ3) is 3.98. The van der Waals surface area contributed by atoms with Gasteiger partial charge in [0.15, 0.2) is 0 Å². The van der Waals surface area contributed by atoms with Gasteiger partial charge in [-0.3, -0.25) is 4.68 Å². The number of benzene rings is 1. The van der Waals surface area contributed by atoms with Crippen LogP contribution in [0.25, 0.3) is 11.3 Å². The van der Waals surface area contributed by atoms with Crippen LogP contribution in [-0.4, -0.2) is 25.9 Å². The predicted octanol–water partition coefficient (Wildman–Crippen LogP) is 4.55. The fourth-order valence-electron chi connectivity index (χ4n) is 3.33. The van der Waals surface area contributed by atoms with Gasteiger partial charge in [0.2, 0.25) is 0 Å². The van der Waals surface area contributed by atoms with Gasteiger partial charge in [-0.2, -0.15) is 5.10 Å². The van der Waals surface area contributed by atoms with E-state index in [4.69, 9.17) is 9.84 Å². The summed E-state index contributed by atoms with van der Waals surface area (Å²) in [4.78, 5) is 4.37. The van der Waals surface area contributed by atoms with Crippen LogP contribution >= 0.6 is 0 Å². The molecule has 0 spiro atoms. The summed E-state index contributed by atoms with van der Waals surface area (Å²) in [6.45, 7) is 11.0. The minimum Gasteiger partial charge on any atom is -0.494 e. The van der Waals surface area contributed by atoms with Gasteiger partial charge in [-0.1, -0.05) is 19.1 Å². The minimum absolute atomic E-state index is 0.689. The molecule has 0 saturated carbocycles. The lowest BCUT2D eigenvalue weighted by atomic mass is 10.1. The Balaban J connectivity index is 1.66. The molecular formula is C21H28N4O. The summed E-state index contributed by atoms with van der Waals surface area (Å²) >= 11 is 0. The first-order valence-electron chi connectivity index (χ1n) is 9.34. The van der Waals surface area contributed by atoms with E-state index >= 15 is 0 Å². The number of rotatable bonds is 8. The first-order chi connectivity index (χ1) is 12.6. The van der Waals surface area contributed by atoms with Crippen LogP contribution in [0.2, 0.25) is 0 Å². The smallest absolute Gasteiger partial charge is 0.119 e. The quantitative estimate of drug-likeness (QED) is 0.559. The molecule has 138 valence electrons. The number of nitrogens with zero attached hydrogens (tertiary/aromatic N) is 4. The predicted molar refractivity (Wildman–Crippen MR) is 105 cm³/mol. The fraction of sp³-hybridized carbons (Fsp3) is 0.429. The van der Waals surface area contributed by atoms with E-state index in [0.717, 1.165) is 43.1 Å². The van der Waals surface area contributed by atoms with Crippen LogP contribution in [0.1, 0.15) is 36.7 Å². The van der Waals surface area contributed by atoms with Crippen molar-refractivity contribution >= 4 is 0 Å². The van der Waals surface area contributed by atoms with Crippen molar-refractivity contribution in [2.75, 3.05) is 6.61 Å². The number of hydrogen-bond acceptors (Lipinski definition) is 3. The Morgan fingerprint density at radius 1 is 1.12 bits per heavy atom. The Bertz CT molecular complexity index is 863. The highest BCUT2D eigenvalue weighted by molar-refractivity contribution is 5.64. The van der Waals surface area contributed by atoms with Gasteiger partial charge in [-0.15, -0.1) is 0 Å². The van der Waals surface area contributed by atoms with Crippen molar-refractivity contribution in [3.63, 3.8) is 0 Å². The lowest BCUT2D eigenvalue weighted by molar-refractivity contribution is 0.302. The second kappa shape index (κ2) is 8.21. The van der Waals surface area contributed by atoms with Crippen LogP contribution in [0.15, 0.2) is 36.8 Å². The number of hydrogen-bond donors (Lipinski definition) is 0. The van der Waals surface area contributed by atoms with Crippen LogP contribution in [0, 0.1) is 20.8 Å². The zero-order chi connectivity index (χ0) is 18.5. The van der Waals surface area contributed by atoms with Crippen molar-refractivity contribution < 1.29 is 4.74 Å². The number of aromatic nitrogens is 4. The largest absolute Gasteiger partial charge is 0.494 e. The SMILES string of the molecule is CCCn1nc(C)c(-c2cncn2CCCOc2cccc(C)c2)c1C. The van der Waals surface area contributed by atoms with Crippen LogP contribution in [0.5, 0.6) is 5.75 Å². The third-order valence-corrected chi connectivity index (χ3v) is 4.59. The highest BCUT2D eigenvalue weighted by Crippen LogP contribution is 2.27. The maximum absolute atomic E-state index is 5.86. The Labute approximate surface area is 155 Å². The molecule has 0 atom stereocenters. The molecule has 0 radical (unpaired) electrons. The molecule has 1 aromatic carbocycles. The number of aryl methyl sites for hydroxylation is 4. The van der Waals surface area contributed by atoms with E-state index in [2.05, 4.69) is 54.1 Å². The Morgan fingerprint density at radius 2 is 1.96 bits per heavy atom. The Morgan fingerprint density at radius 3 is 2.73 bits per heavy atom. The van der Waals surface area contributed by atoms with E-state index in [1.54, 1.807) is 0 Å². The number of ether oxygens (including phenoxy) is 1. The minimum atomic E-state index is 0.689. The molecule has 5 nitrogen and oxygen atoms in total. The molecule has 0 N–H and O–H groups in total. The molecular weight excluding hydrogens is 324 g/mol. The number of imidazole rings is 1. The molecule has 0 aliphatic rings. The van der Waals surface area contributed by atoms with Crippen molar-refractivity contribution in [2.45, 2.75) is 53.6 Å². The van der Waals surface area contributed by atoms with Gasteiger partial charge in [0, 0.05) is 24.3 Å². The molecule has 2 aromatic heterocycles. The van der Waals surface area contributed by atoms with E-state index in [9.17, 15) is 0 Å². The molecule has 0 aliphatic heterocycles. The molecule has 0 saturated heterocycles. The highest BCUT2D eigenvalue weighted by atomic mass is 16.5. The van der Waals surface area contributed by atoms with Crippen LogP contribution < -0.4 is 4.74 Å². The first kappa shape index (κ1) is 18.2. The van der Waals surface area contributed by atoms with Crippen molar-refractivity contribution in [1.29, 1.82) is 0 Å². The van der Waals surface area contributed by atoms with E-state index in [-0.39, 0.29) is 0 Å². The maximum atomic E-state index is 5.86. The molecule has 26 heavy (non-hydrogen) atoms. The molecule has 2 heterocycles. The average Bonchev–Trinajstić information content (AvgIpc) is 3.16. The maximum Gasteiger partial charge on any atom is 0.119 e. The van der Waals surface area contributed by atoms with E-state index in [1.807, 2.05) is 24.7 Å². The normalized spacial score (nSPS) is 11.1. The second-order valence-corrected chi connectivity index (χ2v) is 6.76. The van der Waals surface area contributed by atoms with Crippen molar-refractivity contribution in [3.05, 3.63) is 53.7 Å². The summed E-state index contributed by atoms with van der Waals surface area (Å²) < 4.78 is 10.2. The second-order valence-electron chi connectivity index (χ2n) is 6.76. The van der Waals surface area contributed by atoms with Gasteiger partial charge >= 0.3 is 0 Å². The molecule has 0 amide bonds. The third-order valence-electron chi connectivity index (χ3n) is 4.59. The van der Waals surface area contributed by atoms with E-state index in [1.165, 1.54) is 16.8 Å². The summed E-state index contributed by atoms with van der Waals surface area (Å²) in [7, 11) is 0. The Kier molecular flexibility index (Phi) is 5.76. The van der Waals surface area contributed by atoms with Gasteiger partial charge in [-0.05, 0) is 51.3 Å². The molecule has 0 bridgehead atoms. The lowest BCUT2D eigenvalue weighted by Gasteiger charge is -2.10. The van der Waals surface area contributed by atoms with Crippen LogP contribution in [0.4, 0.5) is 0 Å². The summed E-state index contributed by atoms with van der Waals surface area (Å²) in [5.41, 5.74) is 5.83. The van der Waals surface area contributed by atoms with Gasteiger partial charge in [0.1, 0.15) is 5.75 Å². The topological polar surface area (TPSA) is 44.9 Å². The standard InChI is InChI=1S/C21H28N4O/c1-5-10-25-18(4)21(17(3)23-25)20-14-22-15-24(20)11-7-12-26-19-9-6-8-16(2)13-19/h6,8-9,13-15H,5,7,10-12H2,1-4H3. The molecule has 0 aliphatic carbocycles.